The van der Waals surface area contributed by atoms with Gasteiger partial charge in [-0.3, -0.25) is 19.2 Å². The number of methoxy groups -OCH3 is 2. The lowest BCUT2D eigenvalue weighted by Gasteiger charge is -2.43. The van der Waals surface area contributed by atoms with Crippen LogP contribution in [0.4, 0.5) is 0 Å². The first-order chi connectivity index (χ1) is 34.0. The smallest absolute Gasteiger partial charge is 0.329 e. The molecule has 0 aromatic rings. The molecule has 2 saturated heterocycles. The molecule has 72 heavy (non-hydrogen) atoms. The number of piperidine rings is 1. The van der Waals surface area contributed by atoms with E-state index in [9.17, 15) is 44.4 Å². The Hall–Kier alpha value is -3.45. The maximum Gasteiger partial charge on any atom is 0.329 e. The van der Waals surface area contributed by atoms with E-state index in [0.717, 1.165) is 12.0 Å². The first-order valence-corrected chi connectivity index (χ1v) is 26.5. The van der Waals surface area contributed by atoms with Gasteiger partial charge in [-0.2, -0.15) is 0 Å². The monoisotopic (exact) mass is 1020 g/mol. The van der Waals surface area contributed by atoms with Gasteiger partial charge in [0.1, 0.15) is 30.1 Å². The van der Waals surface area contributed by atoms with Gasteiger partial charge in [-0.05, 0) is 121 Å². The SMILES string of the molecule is CO[C@@H]1C[C@H](C[C@@H](C)[C@@H]2CC(=O)[C@H](C)/C=C(\C)[C@@H](O)[C@@H](OC)C(=O)[C@H](C)C[C@H](C)/C=C/C=C/C=C(\C)[C@@H](OC(C)(C)CO)C[C@@H]3CC[C@@H](C)[C@@](O)(O3)C(=O)C(=O)N3CCCC[C@H]3C(=O)O2)CC[C@H]1OCCO. The van der Waals surface area contributed by atoms with Crippen molar-refractivity contribution < 1.29 is 72.8 Å². The van der Waals surface area contributed by atoms with Crippen LogP contribution in [0, 0.1) is 35.5 Å². The molecule has 0 unspecified atom stereocenters. The molecule has 0 spiro atoms. The summed E-state index contributed by atoms with van der Waals surface area (Å²) in [5, 5.41) is 43.2. The van der Waals surface area contributed by atoms with Crippen molar-refractivity contribution in [2.45, 2.75) is 200 Å². The Morgan fingerprint density at radius 2 is 1.60 bits per heavy atom. The summed E-state index contributed by atoms with van der Waals surface area (Å²) in [6.45, 7) is 16.0. The molecule has 0 aromatic carbocycles. The number of cyclic esters (lactones) is 1. The second-order valence-electron chi connectivity index (χ2n) is 22.0. The number of amides is 1. The van der Waals surface area contributed by atoms with Crippen LogP contribution in [0.2, 0.25) is 0 Å². The van der Waals surface area contributed by atoms with Gasteiger partial charge in [0.25, 0.3) is 11.7 Å². The minimum absolute atomic E-state index is 0.0215. The van der Waals surface area contributed by atoms with Gasteiger partial charge in [-0.15, -0.1) is 0 Å². The van der Waals surface area contributed by atoms with Crippen LogP contribution >= 0.6 is 0 Å². The third kappa shape index (κ3) is 16.8. The lowest BCUT2D eigenvalue weighted by molar-refractivity contribution is -0.267. The van der Waals surface area contributed by atoms with Gasteiger partial charge in [0.15, 0.2) is 5.78 Å². The van der Waals surface area contributed by atoms with E-state index in [1.54, 1.807) is 54.7 Å². The number of aliphatic hydroxyl groups excluding tert-OH is 3. The number of aliphatic hydroxyl groups is 4. The molecule has 2 bridgehead atoms. The predicted molar refractivity (Wildman–Crippen MR) is 271 cm³/mol. The molecular formula is C56H89NO15. The molecule has 0 aromatic heterocycles. The number of Topliss-reactive ketones (excluding diaryl/α,β-unsaturated/α-hetero) is 3. The zero-order valence-corrected chi connectivity index (χ0v) is 45.1. The zero-order valence-electron chi connectivity index (χ0n) is 45.1. The topological polar surface area (TPSA) is 225 Å². The normalized spacial score (nSPS) is 37.9. The summed E-state index contributed by atoms with van der Waals surface area (Å²) in [5.41, 5.74) is 0.205. The molecule has 3 fully saturated rings. The van der Waals surface area contributed by atoms with E-state index in [1.807, 2.05) is 51.2 Å². The molecule has 4 aliphatic rings. The van der Waals surface area contributed by atoms with Crippen LogP contribution in [0.5, 0.6) is 0 Å². The maximum atomic E-state index is 14.5. The van der Waals surface area contributed by atoms with E-state index >= 15 is 0 Å². The number of esters is 1. The van der Waals surface area contributed by atoms with Gasteiger partial charge >= 0.3 is 5.97 Å². The lowest BCUT2D eigenvalue weighted by Crippen LogP contribution is -2.61. The van der Waals surface area contributed by atoms with Crippen LogP contribution in [-0.4, -0.2) is 155 Å². The molecule has 16 nitrogen and oxygen atoms in total. The number of hydrogen-bond donors (Lipinski definition) is 4. The molecule has 1 aliphatic carbocycles. The average molecular weight is 1020 g/mol. The largest absolute Gasteiger partial charge is 0.460 e. The second-order valence-corrected chi connectivity index (χ2v) is 22.0. The Balaban J connectivity index is 1.73. The number of ketones is 3. The zero-order chi connectivity index (χ0) is 53.5. The van der Waals surface area contributed by atoms with E-state index in [1.165, 1.54) is 12.0 Å². The van der Waals surface area contributed by atoms with Crippen molar-refractivity contribution in [1.29, 1.82) is 0 Å². The molecule has 3 heterocycles. The Morgan fingerprint density at radius 1 is 0.875 bits per heavy atom. The minimum atomic E-state index is -2.50. The van der Waals surface area contributed by atoms with Crippen molar-refractivity contribution in [2.75, 3.05) is 40.6 Å². The van der Waals surface area contributed by atoms with E-state index in [4.69, 9.17) is 28.4 Å². The van der Waals surface area contributed by atoms with Crippen LogP contribution in [-0.2, 0) is 52.4 Å². The highest BCUT2D eigenvalue weighted by atomic mass is 16.6. The number of ether oxygens (including phenoxy) is 6. The molecule has 1 saturated carbocycles. The highest BCUT2D eigenvalue weighted by molar-refractivity contribution is 6.39. The van der Waals surface area contributed by atoms with Crippen LogP contribution in [0.1, 0.15) is 139 Å². The fraction of sp³-hybridized carbons (Fsp3) is 0.768. The Kier molecular flexibility index (Phi) is 24.1. The number of rotatable bonds is 11. The third-order valence-electron chi connectivity index (χ3n) is 15.4. The van der Waals surface area contributed by atoms with Gasteiger partial charge in [-0.25, -0.2) is 4.79 Å². The molecular weight excluding hydrogens is 927 g/mol. The van der Waals surface area contributed by atoms with Crippen molar-refractivity contribution in [3.8, 4) is 0 Å². The second kappa shape index (κ2) is 28.4. The first kappa shape index (κ1) is 61.1. The van der Waals surface area contributed by atoms with Gasteiger partial charge < -0.3 is 53.7 Å². The van der Waals surface area contributed by atoms with Crippen molar-refractivity contribution in [3.63, 3.8) is 0 Å². The number of fused-ring (bicyclic) bond motifs is 3. The average Bonchev–Trinajstić information content (AvgIpc) is 3.35. The summed E-state index contributed by atoms with van der Waals surface area (Å²) in [6, 6.07) is -1.18. The Morgan fingerprint density at radius 3 is 2.26 bits per heavy atom. The molecule has 4 rings (SSSR count). The van der Waals surface area contributed by atoms with E-state index in [2.05, 4.69) is 0 Å². The maximum absolute atomic E-state index is 14.5. The molecule has 408 valence electrons. The Bertz CT molecular complexity index is 1930. The molecule has 1 amide bonds. The number of carbonyl (C=O) groups is 5. The fourth-order valence-electron chi connectivity index (χ4n) is 10.8. The highest BCUT2D eigenvalue weighted by Gasteiger charge is 2.53. The summed E-state index contributed by atoms with van der Waals surface area (Å²) < 4.78 is 36.3. The fourth-order valence-corrected chi connectivity index (χ4v) is 10.8. The van der Waals surface area contributed by atoms with Crippen LogP contribution in [0.3, 0.4) is 0 Å². The van der Waals surface area contributed by atoms with Crippen molar-refractivity contribution >= 4 is 29.2 Å². The minimum Gasteiger partial charge on any atom is -0.460 e. The molecule has 4 N–H and O–H groups in total. The van der Waals surface area contributed by atoms with E-state index in [0.29, 0.717) is 56.9 Å². The molecule has 0 radical (unpaired) electrons. The Labute approximate surface area is 428 Å². The van der Waals surface area contributed by atoms with Gasteiger partial charge in [0.2, 0.25) is 5.79 Å². The number of carbonyl (C=O) groups excluding carboxylic acids is 5. The van der Waals surface area contributed by atoms with Gasteiger partial charge in [0, 0.05) is 51.4 Å². The summed E-state index contributed by atoms with van der Waals surface area (Å²) >= 11 is 0. The van der Waals surface area contributed by atoms with E-state index in [-0.39, 0.29) is 87.2 Å². The number of allylic oxidation sites excluding steroid dienone is 6. The summed E-state index contributed by atoms with van der Waals surface area (Å²) in [7, 11) is 2.99. The van der Waals surface area contributed by atoms with Crippen LogP contribution in [0.25, 0.3) is 0 Å². The summed E-state index contributed by atoms with van der Waals surface area (Å²) in [4.78, 5) is 72.6. The number of hydrogen-bond acceptors (Lipinski definition) is 15. The van der Waals surface area contributed by atoms with Crippen molar-refractivity contribution in [1.82, 2.24) is 4.90 Å². The quantitative estimate of drug-likeness (QED) is 0.101. The molecule has 16 heteroatoms. The van der Waals surface area contributed by atoms with Gasteiger partial charge in [0.05, 0.1) is 49.8 Å². The van der Waals surface area contributed by atoms with Gasteiger partial charge in [-0.1, -0.05) is 71.1 Å². The number of nitrogens with zero attached hydrogens (tertiary/aromatic N) is 1. The standard InChI is InChI=1S/C56H89NO15/c1-34-17-13-12-14-18-35(2)47(72-55(8,9)33-59)31-42-22-20-40(7)56(66,71-42)52(63)53(64)57-24-16-15-19-43(57)54(65)70-46(37(4)29-41-21-23-45(69-26-25-58)48(30-41)67-10)32-44(60)36(3)28-39(6)50(62)51(68-11)49(61)38(5)27-34/h12-14,17-18,28,34,36-38,40-43,45-48,50-51,58-59,62,66H,15-16,19-27,29-33H2,1-11H3/b14-12+,17-13+,35-18+,39-28+/t34-,36-,37-,38-,40-,41+,42+,43+,45-,46+,47+,48-,50-,51+,56-/m1/s1. The van der Waals surface area contributed by atoms with Crippen molar-refractivity contribution in [2.24, 2.45) is 35.5 Å². The summed E-state index contributed by atoms with van der Waals surface area (Å²) in [5.74, 6) is -8.32. The van der Waals surface area contributed by atoms with Crippen LogP contribution in [0.15, 0.2) is 47.6 Å². The third-order valence-corrected chi connectivity index (χ3v) is 15.4. The molecule has 15 atom stereocenters. The predicted octanol–water partition coefficient (Wildman–Crippen LogP) is 6.34. The highest BCUT2D eigenvalue weighted by Crippen LogP contribution is 2.38. The lowest BCUT2D eigenvalue weighted by atomic mass is 9.78. The van der Waals surface area contributed by atoms with E-state index < -0.39 is 83.4 Å². The summed E-state index contributed by atoms with van der Waals surface area (Å²) in [6.07, 6.45) is 11.1. The van der Waals surface area contributed by atoms with Crippen LogP contribution < -0.4 is 0 Å². The molecule has 3 aliphatic heterocycles. The first-order valence-electron chi connectivity index (χ1n) is 26.5. The van der Waals surface area contributed by atoms with Crippen molar-refractivity contribution in [3.05, 3.63) is 47.6 Å².